The maximum Gasteiger partial charge on any atom is 0.341 e. The van der Waals surface area contributed by atoms with Gasteiger partial charge in [-0.3, -0.25) is 4.90 Å². The van der Waals surface area contributed by atoms with Crippen LogP contribution < -0.4 is 0 Å². The summed E-state index contributed by atoms with van der Waals surface area (Å²) in [6.07, 6.45) is 5.89. The lowest BCUT2D eigenvalue weighted by molar-refractivity contribution is 0.0517. The maximum atomic E-state index is 11.8. The van der Waals surface area contributed by atoms with Gasteiger partial charge in [-0.15, -0.1) is 0 Å². The molecule has 0 radical (unpaired) electrons. The molecule has 0 unspecified atom stereocenters. The number of hydrogen-bond donors (Lipinski definition) is 1. The van der Waals surface area contributed by atoms with Gasteiger partial charge in [0.2, 0.25) is 0 Å². The van der Waals surface area contributed by atoms with Crippen molar-refractivity contribution < 1.29 is 19.1 Å². The van der Waals surface area contributed by atoms with Crippen molar-refractivity contribution >= 4 is 5.97 Å². The second-order valence-corrected chi connectivity index (χ2v) is 5.11. The van der Waals surface area contributed by atoms with Gasteiger partial charge in [0.25, 0.3) is 0 Å². The van der Waals surface area contributed by atoms with E-state index in [0.717, 1.165) is 13.0 Å². The van der Waals surface area contributed by atoms with Crippen LogP contribution >= 0.6 is 0 Å². The molecule has 1 aromatic heterocycles. The maximum absolute atomic E-state index is 11.8. The Morgan fingerprint density at radius 2 is 2.35 bits per heavy atom. The Labute approximate surface area is 119 Å². The van der Waals surface area contributed by atoms with Crippen molar-refractivity contribution in [3.8, 4) is 0 Å². The van der Waals surface area contributed by atoms with E-state index in [-0.39, 0.29) is 12.6 Å². The second-order valence-electron chi connectivity index (χ2n) is 5.11. The van der Waals surface area contributed by atoms with Crippen LogP contribution in [0.15, 0.2) is 16.7 Å². The molecule has 0 spiro atoms. The number of hydrogen-bond acceptors (Lipinski definition) is 5. The highest BCUT2D eigenvalue weighted by molar-refractivity contribution is 5.90. The first-order valence-electron chi connectivity index (χ1n) is 7.34. The predicted molar refractivity (Wildman–Crippen MR) is 74.4 cm³/mol. The third kappa shape index (κ3) is 3.61. The summed E-state index contributed by atoms with van der Waals surface area (Å²) in [7, 11) is 0. The van der Waals surface area contributed by atoms with Gasteiger partial charge >= 0.3 is 5.97 Å². The molecule has 1 saturated carbocycles. The van der Waals surface area contributed by atoms with Crippen molar-refractivity contribution in [3.63, 3.8) is 0 Å². The number of furan rings is 1. The summed E-state index contributed by atoms with van der Waals surface area (Å²) in [4.78, 5) is 14.1. The van der Waals surface area contributed by atoms with Crippen LogP contribution in [0.1, 0.15) is 48.7 Å². The lowest BCUT2D eigenvalue weighted by Gasteiger charge is -2.37. The third-order valence-corrected chi connectivity index (χ3v) is 3.78. The highest BCUT2D eigenvalue weighted by Crippen LogP contribution is 2.27. The molecule has 0 bridgehead atoms. The minimum Gasteiger partial charge on any atom is -0.467 e. The van der Waals surface area contributed by atoms with Crippen LogP contribution in [0.2, 0.25) is 0 Å². The Hall–Kier alpha value is -1.33. The van der Waals surface area contributed by atoms with E-state index in [1.165, 1.54) is 25.5 Å². The molecule has 112 valence electrons. The molecule has 1 heterocycles. The minimum atomic E-state index is -0.327. The third-order valence-electron chi connectivity index (χ3n) is 3.78. The first-order valence-corrected chi connectivity index (χ1v) is 7.34. The summed E-state index contributed by atoms with van der Waals surface area (Å²) in [5.41, 5.74) is 0.514. The summed E-state index contributed by atoms with van der Waals surface area (Å²) in [6, 6.07) is 2.21. The first-order chi connectivity index (χ1) is 9.76. The fourth-order valence-electron chi connectivity index (χ4n) is 2.45. The quantitative estimate of drug-likeness (QED) is 0.740. The predicted octanol–water partition coefficient (Wildman–Crippen LogP) is 2.19. The van der Waals surface area contributed by atoms with E-state index >= 15 is 0 Å². The molecule has 1 aliphatic rings. The van der Waals surface area contributed by atoms with E-state index in [1.807, 2.05) is 0 Å². The summed E-state index contributed by atoms with van der Waals surface area (Å²) >= 11 is 0. The van der Waals surface area contributed by atoms with Crippen LogP contribution in [0, 0.1) is 0 Å². The van der Waals surface area contributed by atoms with Crippen LogP contribution in [0.5, 0.6) is 0 Å². The minimum absolute atomic E-state index is 0.187. The van der Waals surface area contributed by atoms with E-state index in [1.54, 1.807) is 13.0 Å². The van der Waals surface area contributed by atoms with Gasteiger partial charge in [0.15, 0.2) is 0 Å². The summed E-state index contributed by atoms with van der Waals surface area (Å²) in [5.74, 6) is 0.334. The van der Waals surface area contributed by atoms with E-state index in [9.17, 15) is 4.79 Å². The zero-order valence-corrected chi connectivity index (χ0v) is 12.0. The lowest BCUT2D eigenvalue weighted by Crippen LogP contribution is -2.40. The number of aliphatic hydroxyl groups excluding tert-OH is 1. The monoisotopic (exact) mass is 281 g/mol. The van der Waals surface area contributed by atoms with Gasteiger partial charge in [0.05, 0.1) is 19.4 Å². The topological polar surface area (TPSA) is 62.9 Å². The van der Waals surface area contributed by atoms with Gasteiger partial charge < -0.3 is 14.3 Å². The van der Waals surface area contributed by atoms with Crippen LogP contribution in [-0.2, 0) is 11.3 Å². The fraction of sp³-hybridized carbons (Fsp3) is 0.667. The van der Waals surface area contributed by atoms with E-state index in [0.29, 0.717) is 30.5 Å². The molecule has 1 N–H and O–H groups in total. The van der Waals surface area contributed by atoms with Gasteiger partial charge in [-0.1, -0.05) is 6.42 Å². The zero-order chi connectivity index (χ0) is 14.4. The van der Waals surface area contributed by atoms with Crippen LogP contribution in [0.4, 0.5) is 0 Å². The number of rotatable bonds is 8. The van der Waals surface area contributed by atoms with Crippen molar-refractivity contribution in [2.75, 3.05) is 19.8 Å². The molecule has 1 aromatic rings. The molecule has 0 aliphatic heterocycles. The van der Waals surface area contributed by atoms with E-state index in [4.69, 9.17) is 14.3 Å². The molecule has 5 nitrogen and oxygen atoms in total. The number of esters is 1. The normalized spacial score (nSPS) is 15.3. The molecule has 2 rings (SSSR count). The first kappa shape index (κ1) is 15.1. The van der Waals surface area contributed by atoms with Crippen molar-refractivity contribution in [2.24, 2.45) is 0 Å². The average Bonchev–Trinajstić information content (AvgIpc) is 2.82. The van der Waals surface area contributed by atoms with Gasteiger partial charge in [-0.25, -0.2) is 4.79 Å². The Kier molecular flexibility index (Phi) is 5.61. The van der Waals surface area contributed by atoms with E-state index < -0.39 is 0 Å². The largest absolute Gasteiger partial charge is 0.467 e. The van der Waals surface area contributed by atoms with E-state index in [2.05, 4.69) is 4.90 Å². The Morgan fingerprint density at radius 3 is 2.95 bits per heavy atom. The van der Waals surface area contributed by atoms with Crippen molar-refractivity contribution in [3.05, 3.63) is 23.7 Å². The van der Waals surface area contributed by atoms with Gasteiger partial charge in [-0.05, 0) is 32.3 Å². The summed E-state index contributed by atoms with van der Waals surface area (Å²) in [5, 5.41) is 9.00. The molecular formula is C15H23NO4. The number of nitrogens with zero attached hydrogens (tertiary/aromatic N) is 1. The zero-order valence-electron chi connectivity index (χ0n) is 12.0. The fourth-order valence-corrected chi connectivity index (χ4v) is 2.45. The highest BCUT2D eigenvalue weighted by Gasteiger charge is 2.27. The lowest BCUT2D eigenvalue weighted by atomic mass is 9.91. The molecule has 5 heteroatoms. The Balaban J connectivity index is 2.02. The average molecular weight is 281 g/mol. The van der Waals surface area contributed by atoms with Crippen LogP contribution in [0.25, 0.3) is 0 Å². The van der Waals surface area contributed by atoms with Crippen LogP contribution in [0.3, 0.4) is 0 Å². The summed E-state index contributed by atoms with van der Waals surface area (Å²) in [6.45, 7) is 3.77. The molecule has 0 amide bonds. The second kappa shape index (κ2) is 7.45. The smallest absolute Gasteiger partial charge is 0.341 e. The molecule has 0 atom stereocenters. The number of carbonyl (C=O) groups excluding carboxylic acids is 1. The number of ether oxygens (including phenoxy) is 1. The molecule has 1 aliphatic carbocycles. The van der Waals surface area contributed by atoms with Gasteiger partial charge in [0.1, 0.15) is 11.3 Å². The molecule has 20 heavy (non-hydrogen) atoms. The molecule has 0 saturated heterocycles. The highest BCUT2D eigenvalue weighted by atomic mass is 16.5. The Bertz CT molecular complexity index is 425. The SMILES string of the molecule is CCOC(=O)c1ccoc1CN(CCCO)C1CCC1. The summed E-state index contributed by atoms with van der Waals surface area (Å²) < 4.78 is 10.5. The standard InChI is InChI=1S/C15H23NO4/c1-2-19-15(18)13-7-10-20-14(13)11-16(8-4-9-17)12-5-3-6-12/h7,10,12,17H,2-6,8-9,11H2,1H3. The molecular weight excluding hydrogens is 258 g/mol. The van der Waals surface area contributed by atoms with Crippen molar-refractivity contribution in [1.29, 1.82) is 0 Å². The Morgan fingerprint density at radius 1 is 1.55 bits per heavy atom. The molecule has 1 fully saturated rings. The van der Waals surface area contributed by atoms with Gasteiger partial charge in [0, 0.05) is 19.2 Å². The number of carbonyl (C=O) groups is 1. The number of aliphatic hydroxyl groups is 1. The van der Waals surface area contributed by atoms with Gasteiger partial charge in [-0.2, -0.15) is 0 Å². The van der Waals surface area contributed by atoms with Crippen LogP contribution in [-0.4, -0.2) is 41.8 Å². The van der Waals surface area contributed by atoms with Crippen molar-refractivity contribution in [2.45, 2.75) is 45.2 Å². The van der Waals surface area contributed by atoms with Crippen molar-refractivity contribution in [1.82, 2.24) is 4.90 Å². The molecule has 0 aromatic carbocycles.